The molecule has 4 nitrogen and oxygen atoms in total. The van der Waals surface area contributed by atoms with Gasteiger partial charge >= 0.3 is 5.97 Å². The molecule has 2 aliphatic rings. The first kappa shape index (κ1) is 16.3. The highest BCUT2D eigenvalue weighted by molar-refractivity contribution is 5.76. The van der Waals surface area contributed by atoms with Crippen molar-refractivity contribution in [1.82, 2.24) is 4.90 Å². The first-order valence-corrected chi connectivity index (χ1v) is 8.68. The van der Waals surface area contributed by atoms with Gasteiger partial charge < -0.3 is 10.0 Å². The van der Waals surface area contributed by atoms with Crippen LogP contribution >= 0.6 is 0 Å². The van der Waals surface area contributed by atoms with Crippen LogP contribution in [0.5, 0.6) is 0 Å². The van der Waals surface area contributed by atoms with Gasteiger partial charge in [-0.25, -0.2) is 0 Å². The minimum Gasteiger partial charge on any atom is -0.481 e. The van der Waals surface area contributed by atoms with Gasteiger partial charge in [0, 0.05) is 25.4 Å². The lowest BCUT2D eigenvalue weighted by Crippen LogP contribution is -2.36. The molecule has 1 amide bonds. The van der Waals surface area contributed by atoms with Crippen LogP contribution in [0, 0.1) is 5.92 Å². The quantitative estimate of drug-likeness (QED) is 0.730. The van der Waals surface area contributed by atoms with E-state index < -0.39 is 5.97 Å². The molecule has 0 unspecified atom stereocenters. The lowest BCUT2D eigenvalue weighted by atomic mass is 9.84. The number of aliphatic carboxylic acids is 1. The van der Waals surface area contributed by atoms with Gasteiger partial charge in [-0.05, 0) is 38.0 Å². The Bertz CT molecular complexity index is 350. The molecule has 0 radical (unpaired) electrons. The molecule has 21 heavy (non-hydrogen) atoms. The molecule has 2 rings (SSSR count). The third-order valence-electron chi connectivity index (χ3n) is 5.06. The van der Waals surface area contributed by atoms with E-state index in [9.17, 15) is 9.59 Å². The molecule has 1 N–H and O–H groups in total. The van der Waals surface area contributed by atoms with Gasteiger partial charge in [0.25, 0.3) is 0 Å². The van der Waals surface area contributed by atoms with E-state index in [2.05, 4.69) is 4.90 Å². The second kappa shape index (κ2) is 8.40. The summed E-state index contributed by atoms with van der Waals surface area (Å²) in [5.74, 6) is 0.307. The highest BCUT2D eigenvalue weighted by Crippen LogP contribution is 2.32. The lowest BCUT2D eigenvalue weighted by Gasteiger charge is -2.30. The van der Waals surface area contributed by atoms with Crippen molar-refractivity contribution >= 4 is 11.9 Å². The van der Waals surface area contributed by atoms with E-state index >= 15 is 0 Å². The second-order valence-electron chi connectivity index (χ2n) is 6.72. The minimum atomic E-state index is -0.765. The fraction of sp³-hybridized carbons (Fsp3) is 0.882. The van der Waals surface area contributed by atoms with Crippen LogP contribution in [0.1, 0.15) is 77.0 Å². The fourth-order valence-electron chi connectivity index (χ4n) is 3.91. The molecule has 1 saturated carbocycles. The Labute approximate surface area is 127 Å². The van der Waals surface area contributed by atoms with Gasteiger partial charge in [0.2, 0.25) is 5.91 Å². The standard InChI is InChI=1S/C17H29NO3/c19-16(10-4-5-11-17(20)21)18-12-6-9-15(18)13-14-7-2-1-3-8-14/h14-15H,1-13H2,(H,20,21)/t15-/m0/s1. The smallest absolute Gasteiger partial charge is 0.303 e. The summed E-state index contributed by atoms with van der Waals surface area (Å²) in [6.07, 6.45) is 12.3. The molecule has 2 fully saturated rings. The number of likely N-dealkylation sites (tertiary alicyclic amines) is 1. The molecule has 1 saturated heterocycles. The van der Waals surface area contributed by atoms with Crippen molar-refractivity contribution in [2.45, 2.75) is 83.1 Å². The molecule has 0 bridgehead atoms. The maximum absolute atomic E-state index is 12.3. The second-order valence-corrected chi connectivity index (χ2v) is 6.72. The number of rotatable bonds is 7. The molecule has 120 valence electrons. The summed E-state index contributed by atoms with van der Waals surface area (Å²) in [7, 11) is 0. The van der Waals surface area contributed by atoms with E-state index in [-0.39, 0.29) is 12.3 Å². The maximum Gasteiger partial charge on any atom is 0.303 e. The summed E-state index contributed by atoms with van der Waals surface area (Å²) in [5, 5.41) is 8.62. The van der Waals surface area contributed by atoms with E-state index in [4.69, 9.17) is 5.11 Å². The molecular weight excluding hydrogens is 266 g/mol. The predicted octanol–water partition coefficient (Wildman–Crippen LogP) is 3.59. The highest BCUT2D eigenvalue weighted by Gasteiger charge is 2.30. The molecule has 1 aliphatic heterocycles. The number of carbonyl (C=O) groups excluding carboxylic acids is 1. The van der Waals surface area contributed by atoms with Crippen molar-refractivity contribution in [2.75, 3.05) is 6.54 Å². The first-order chi connectivity index (χ1) is 10.2. The minimum absolute atomic E-state index is 0.179. The molecule has 0 aromatic carbocycles. The van der Waals surface area contributed by atoms with Crippen molar-refractivity contribution in [2.24, 2.45) is 5.92 Å². The topological polar surface area (TPSA) is 57.6 Å². The van der Waals surface area contributed by atoms with Gasteiger partial charge in [-0.3, -0.25) is 9.59 Å². The van der Waals surface area contributed by atoms with Crippen molar-refractivity contribution in [3.63, 3.8) is 0 Å². The summed E-state index contributed by atoms with van der Waals surface area (Å²) in [5.41, 5.74) is 0. The molecule has 1 aliphatic carbocycles. The number of amides is 1. The van der Waals surface area contributed by atoms with Crippen LogP contribution in [0.15, 0.2) is 0 Å². The Morgan fingerprint density at radius 2 is 1.67 bits per heavy atom. The predicted molar refractivity (Wildman–Crippen MR) is 82.0 cm³/mol. The van der Waals surface area contributed by atoms with Crippen LogP contribution in [0.2, 0.25) is 0 Å². The fourth-order valence-corrected chi connectivity index (χ4v) is 3.91. The Morgan fingerprint density at radius 1 is 0.952 bits per heavy atom. The van der Waals surface area contributed by atoms with Gasteiger partial charge in [0.1, 0.15) is 0 Å². The van der Waals surface area contributed by atoms with E-state index in [1.165, 1.54) is 38.5 Å². The molecule has 0 aromatic rings. The highest BCUT2D eigenvalue weighted by atomic mass is 16.4. The van der Waals surface area contributed by atoms with Gasteiger partial charge in [-0.15, -0.1) is 0 Å². The average Bonchev–Trinajstić information content (AvgIpc) is 2.92. The summed E-state index contributed by atoms with van der Waals surface area (Å²) < 4.78 is 0. The number of unbranched alkanes of at least 4 members (excludes halogenated alkanes) is 1. The third-order valence-corrected chi connectivity index (χ3v) is 5.06. The van der Waals surface area contributed by atoms with Crippen LogP contribution in [0.25, 0.3) is 0 Å². The third kappa shape index (κ3) is 5.33. The van der Waals surface area contributed by atoms with Crippen LogP contribution in [0.3, 0.4) is 0 Å². The first-order valence-electron chi connectivity index (χ1n) is 8.68. The number of carbonyl (C=O) groups is 2. The zero-order valence-electron chi connectivity index (χ0n) is 13.1. The summed E-state index contributed by atoms with van der Waals surface area (Å²) in [6, 6.07) is 0.458. The van der Waals surface area contributed by atoms with E-state index in [1.54, 1.807) is 0 Å². The van der Waals surface area contributed by atoms with Crippen LogP contribution in [0.4, 0.5) is 0 Å². The summed E-state index contributed by atoms with van der Waals surface area (Å²) >= 11 is 0. The number of nitrogens with zero attached hydrogens (tertiary/aromatic N) is 1. The normalized spacial score (nSPS) is 23.4. The van der Waals surface area contributed by atoms with Crippen LogP contribution < -0.4 is 0 Å². The van der Waals surface area contributed by atoms with Crippen molar-refractivity contribution < 1.29 is 14.7 Å². The Morgan fingerprint density at radius 3 is 2.38 bits per heavy atom. The van der Waals surface area contributed by atoms with Gasteiger partial charge in [-0.2, -0.15) is 0 Å². The maximum atomic E-state index is 12.3. The number of hydrogen-bond acceptors (Lipinski definition) is 2. The van der Waals surface area contributed by atoms with Gasteiger partial charge in [0.15, 0.2) is 0 Å². The van der Waals surface area contributed by atoms with Crippen molar-refractivity contribution in [3.8, 4) is 0 Å². The summed E-state index contributed by atoms with van der Waals surface area (Å²) in [6.45, 7) is 0.912. The SMILES string of the molecule is O=C(O)CCCCC(=O)N1CCC[C@H]1CC1CCCCC1. The Kier molecular flexibility index (Phi) is 6.52. The van der Waals surface area contributed by atoms with Crippen molar-refractivity contribution in [3.05, 3.63) is 0 Å². The molecule has 4 heteroatoms. The largest absolute Gasteiger partial charge is 0.481 e. The van der Waals surface area contributed by atoms with Crippen LogP contribution in [-0.4, -0.2) is 34.5 Å². The Hall–Kier alpha value is -1.06. The zero-order valence-corrected chi connectivity index (χ0v) is 13.1. The monoisotopic (exact) mass is 295 g/mol. The molecule has 0 aromatic heterocycles. The lowest BCUT2D eigenvalue weighted by molar-refractivity contribution is -0.137. The molecule has 1 atom stereocenters. The number of carboxylic acids is 1. The molecule has 0 spiro atoms. The van der Waals surface area contributed by atoms with E-state index in [0.717, 1.165) is 25.3 Å². The zero-order chi connectivity index (χ0) is 15.1. The van der Waals surface area contributed by atoms with Gasteiger partial charge in [0.05, 0.1) is 0 Å². The van der Waals surface area contributed by atoms with Gasteiger partial charge in [-0.1, -0.05) is 32.1 Å². The molecular formula is C17H29NO3. The number of hydrogen-bond donors (Lipinski definition) is 1. The van der Waals surface area contributed by atoms with Crippen LogP contribution in [-0.2, 0) is 9.59 Å². The Balaban J connectivity index is 1.72. The van der Waals surface area contributed by atoms with E-state index in [0.29, 0.717) is 25.3 Å². The summed E-state index contributed by atoms with van der Waals surface area (Å²) in [4.78, 5) is 24.9. The average molecular weight is 295 g/mol. The van der Waals surface area contributed by atoms with E-state index in [1.807, 2.05) is 0 Å². The molecule has 1 heterocycles. The number of carboxylic acid groups (broad SMARTS) is 1. The van der Waals surface area contributed by atoms with Crippen molar-refractivity contribution in [1.29, 1.82) is 0 Å².